The van der Waals surface area contributed by atoms with Gasteiger partial charge in [-0.05, 0) is 30.2 Å². The smallest absolute Gasteiger partial charge is 0.305 e. The molecule has 2 aromatic carbocycles. The Bertz CT molecular complexity index is 987. The average molecular weight is 384 g/mol. The third kappa shape index (κ3) is 4.38. The summed E-state index contributed by atoms with van der Waals surface area (Å²) in [5.41, 5.74) is 2.07. The van der Waals surface area contributed by atoms with Gasteiger partial charge in [-0.25, -0.2) is 9.37 Å². The maximum Gasteiger partial charge on any atom is 0.305 e. The molecular weight excluding hydrogens is 367 g/mol. The Morgan fingerprint density at radius 3 is 2.59 bits per heavy atom. The number of aromatic nitrogens is 1. The summed E-state index contributed by atoms with van der Waals surface area (Å²) in [4.78, 5) is 28.0. The van der Waals surface area contributed by atoms with Crippen molar-refractivity contribution in [3.63, 3.8) is 0 Å². The topological polar surface area (TPSA) is 79.3 Å². The lowest BCUT2D eigenvalue weighted by Gasteiger charge is -2.18. The number of carbonyl (C=O) groups is 2. The van der Waals surface area contributed by atoms with Crippen molar-refractivity contribution >= 4 is 23.2 Å². The molecule has 1 atom stereocenters. The SMILES string of the molecule is Cc1ccccc1C(CC(=O)O)NC(=O)c1csc(-c2ccccc2F)n1. The summed E-state index contributed by atoms with van der Waals surface area (Å²) in [6, 6.07) is 12.8. The van der Waals surface area contributed by atoms with Crippen LogP contribution in [0.25, 0.3) is 10.6 Å². The lowest BCUT2D eigenvalue weighted by Crippen LogP contribution is -2.30. The molecule has 1 aromatic heterocycles. The first-order valence-electron chi connectivity index (χ1n) is 8.24. The number of thiazole rings is 1. The molecule has 0 fully saturated rings. The molecule has 0 saturated heterocycles. The van der Waals surface area contributed by atoms with Gasteiger partial charge in [-0.1, -0.05) is 36.4 Å². The molecule has 7 heteroatoms. The fourth-order valence-corrected chi connectivity index (χ4v) is 3.59. The molecule has 138 valence electrons. The molecule has 0 aliphatic carbocycles. The Kier molecular flexibility index (Phi) is 5.61. The number of aliphatic carboxylic acids is 1. The molecule has 0 saturated carbocycles. The molecule has 3 rings (SSSR count). The van der Waals surface area contributed by atoms with Crippen LogP contribution in [0.15, 0.2) is 53.9 Å². The van der Waals surface area contributed by atoms with Crippen LogP contribution in [0.5, 0.6) is 0 Å². The molecule has 0 aliphatic rings. The van der Waals surface area contributed by atoms with Crippen LogP contribution in [0, 0.1) is 12.7 Å². The minimum Gasteiger partial charge on any atom is -0.481 e. The highest BCUT2D eigenvalue weighted by Crippen LogP contribution is 2.27. The standard InChI is InChI=1S/C20H17FN2O3S/c1-12-6-2-3-7-13(12)16(10-18(24)25)22-19(26)17-11-27-20(23-17)14-8-4-5-9-15(14)21/h2-9,11,16H,10H2,1H3,(H,22,26)(H,24,25). The van der Waals surface area contributed by atoms with E-state index in [4.69, 9.17) is 0 Å². The van der Waals surface area contributed by atoms with E-state index in [-0.39, 0.29) is 12.1 Å². The normalized spacial score (nSPS) is 11.8. The number of carboxylic acid groups (broad SMARTS) is 1. The average Bonchev–Trinajstić information content (AvgIpc) is 3.11. The van der Waals surface area contributed by atoms with Gasteiger partial charge in [0.25, 0.3) is 5.91 Å². The third-order valence-corrected chi connectivity index (χ3v) is 4.96. The molecule has 0 aliphatic heterocycles. The minimum absolute atomic E-state index is 0.127. The number of carboxylic acids is 1. The van der Waals surface area contributed by atoms with Crippen LogP contribution in [-0.4, -0.2) is 22.0 Å². The fourth-order valence-electron chi connectivity index (χ4n) is 2.76. The zero-order chi connectivity index (χ0) is 19.4. The predicted octanol–water partition coefficient (Wildman–Crippen LogP) is 4.20. The Morgan fingerprint density at radius 1 is 1.19 bits per heavy atom. The van der Waals surface area contributed by atoms with Crippen LogP contribution in [-0.2, 0) is 4.79 Å². The number of carbonyl (C=O) groups excluding carboxylic acids is 1. The maximum atomic E-state index is 13.9. The van der Waals surface area contributed by atoms with E-state index in [1.807, 2.05) is 19.1 Å². The van der Waals surface area contributed by atoms with Crippen molar-refractivity contribution < 1.29 is 19.1 Å². The second kappa shape index (κ2) is 8.09. The largest absolute Gasteiger partial charge is 0.481 e. The molecule has 5 nitrogen and oxygen atoms in total. The monoisotopic (exact) mass is 384 g/mol. The van der Waals surface area contributed by atoms with Crippen LogP contribution in [0.3, 0.4) is 0 Å². The van der Waals surface area contributed by atoms with Gasteiger partial charge in [0.15, 0.2) is 0 Å². The lowest BCUT2D eigenvalue weighted by atomic mass is 9.98. The first kappa shape index (κ1) is 18.7. The second-order valence-corrected chi connectivity index (χ2v) is 6.86. The number of nitrogens with one attached hydrogen (secondary N) is 1. The van der Waals surface area contributed by atoms with Gasteiger partial charge in [0, 0.05) is 10.9 Å². The highest BCUT2D eigenvalue weighted by atomic mass is 32.1. The number of halogens is 1. The number of hydrogen-bond acceptors (Lipinski definition) is 4. The summed E-state index contributed by atoms with van der Waals surface area (Å²) in [5.74, 6) is -1.93. The maximum absolute atomic E-state index is 13.9. The Balaban J connectivity index is 1.83. The third-order valence-electron chi connectivity index (χ3n) is 4.09. The minimum atomic E-state index is -1.02. The highest BCUT2D eigenvalue weighted by Gasteiger charge is 2.22. The summed E-state index contributed by atoms with van der Waals surface area (Å²) in [6.07, 6.45) is -0.249. The molecule has 2 N–H and O–H groups in total. The summed E-state index contributed by atoms with van der Waals surface area (Å²) >= 11 is 1.16. The van der Waals surface area contributed by atoms with Gasteiger partial charge in [0.1, 0.15) is 16.5 Å². The molecule has 1 amide bonds. The first-order valence-corrected chi connectivity index (χ1v) is 9.12. The van der Waals surface area contributed by atoms with Crippen molar-refractivity contribution in [2.24, 2.45) is 0 Å². The van der Waals surface area contributed by atoms with Crippen LogP contribution in [0.1, 0.15) is 34.1 Å². The van der Waals surface area contributed by atoms with E-state index in [1.165, 1.54) is 11.4 Å². The lowest BCUT2D eigenvalue weighted by molar-refractivity contribution is -0.137. The number of hydrogen-bond donors (Lipinski definition) is 2. The summed E-state index contributed by atoms with van der Waals surface area (Å²) in [5, 5.41) is 13.9. The van der Waals surface area contributed by atoms with Gasteiger partial charge in [0.2, 0.25) is 0 Å². The Labute approximate surface area is 159 Å². The molecule has 0 bridgehead atoms. The van der Waals surface area contributed by atoms with Crippen molar-refractivity contribution in [2.75, 3.05) is 0 Å². The molecule has 3 aromatic rings. The quantitative estimate of drug-likeness (QED) is 0.667. The van der Waals surface area contributed by atoms with Gasteiger partial charge >= 0.3 is 5.97 Å². The van der Waals surface area contributed by atoms with Gasteiger partial charge in [-0.15, -0.1) is 11.3 Å². The zero-order valence-electron chi connectivity index (χ0n) is 14.5. The van der Waals surface area contributed by atoms with Gasteiger partial charge < -0.3 is 10.4 Å². The van der Waals surface area contributed by atoms with Gasteiger partial charge in [-0.3, -0.25) is 9.59 Å². The van der Waals surface area contributed by atoms with Crippen LogP contribution in [0.2, 0.25) is 0 Å². The zero-order valence-corrected chi connectivity index (χ0v) is 15.3. The number of rotatable bonds is 6. The molecule has 1 heterocycles. The van der Waals surface area contributed by atoms with Crippen molar-refractivity contribution in [3.8, 4) is 10.6 Å². The molecule has 0 spiro atoms. The van der Waals surface area contributed by atoms with Crippen molar-refractivity contribution in [3.05, 3.63) is 76.5 Å². The van der Waals surface area contributed by atoms with Crippen LogP contribution in [0.4, 0.5) is 4.39 Å². The van der Waals surface area contributed by atoms with E-state index in [1.54, 1.807) is 30.3 Å². The molecule has 1 unspecified atom stereocenters. The Morgan fingerprint density at radius 2 is 1.89 bits per heavy atom. The molecular formula is C20H17FN2O3S. The first-order chi connectivity index (χ1) is 13.0. The number of aryl methyl sites for hydroxylation is 1. The Hall–Kier alpha value is -3.06. The van der Waals surface area contributed by atoms with Crippen molar-refractivity contribution in [2.45, 2.75) is 19.4 Å². The predicted molar refractivity (Wildman–Crippen MR) is 101 cm³/mol. The highest BCUT2D eigenvalue weighted by molar-refractivity contribution is 7.13. The number of benzene rings is 2. The van der Waals surface area contributed by atoms with Crippen LogP contribution >= 0.6 is 11.3 Å². The van der Waals surface area contributed by atoms with E-state index in [0.717, 1.165) is 22.5 Å². The van der Waals surface area contributed by atoms with E-state index in [9.17, 15) is 19.1 Å². The van der Waals surface area contributed by atoms with E-state index in [0.29, 0.717) is 10.6 Å². The summed E-state index contributed by atoms with van der Waals surface area (Å²) in [6.45, 7) is 1.86. The molecule has 27 heavy (non-hydrogen) atoms. The van der Waals surface area contributed by atoms with Crippen LogP contribution < -0.4 is 5.32 Å². The van der Waals surface area contributed by atoms with Gasteiger partial charge in [0.05, 0.1) is 12.5 Å². The van der Waals surface area contributed by atoms with Crippen molar-refractivity contribution in [1.82, 2.24) is 10.3 Å². The summed E-state index contributed by atoms with van der Waals surface area (Å²) < 4.78 is 13.9. The molecule has 0 radical (unpaired) electrons. The van der Waals surface area contributed by atoms with Gasteiger partial charge in [-0.2, -0.15) is 0 Å². The van der Waals surface area contributed by atoms with E-state index < -0.39 is 23.7 Å². The number of amides is 1. The van der Waals surface area contributed by atoms with Crippen molar-refractivity contribution in [1.29, 1.82) is 0 Å². The summed E-state index contributed by atoms with van der Waals surface area (Å²) in [7, 11) is 0. The number of nitrogens with zero attached hydrogens (tertiary/aromatic N) is 1. The van der Waals surface area contributed by atoms with E-state index in [2.05, 4.69) is 10.3 Å². The fraction of sp³-hybridized carbons (Fsp3) is 0.150. The second-order valence-electron chi connectivity index (χ2n) is 6.00. The van der Waals surface area contributed by atoms with E-state index >= 15 is 0 Å².